The number of unbranched alkanes of at least 4 members (excludes halogenated alkanes) is 2. The van der Waals surface area contributed by atoms with Crippen LogP contribution in [-0.2, 0) is 14.4 Å². The Morgan fingerprint density at radius 1 is 1.05 bits per heavy atom. The predicted octanol–water partition coefficient (Wildman–Crippen LogP) is 4.61. The van der Waals surface area contributed by atoms with Gasteiger partial charge >= 0.3 is 0 Å². The van der Waals surface area contributed by atoms with E-state index in [-0.39, 0.29) is 0 Å². The maximum absolute atomic E-state index is 10.4. The van der Waals surface area contributed by atoms with Gasteiger partial charge in [0.15, 0.2) is 0 Å². The normalized spacial score (nSPS) is 12.9. The zero-order chi connectivity index (χ0) is 16.5. The predicted molar refractivity (Wildman–Crippen MR) is 92.0 cm³/mol. The fraction of sp³-hybridized carbons (Fsp3) is 0.824. The van der Waals surface area contributed by atoms with E-state index in [1.807, 2.05) is 13.8 Å². The summed E-state index contributed by atoms with van der Waals surface area (Å²) in [5, 5.41) is 0. The number of carbonyl (C=O) groups is 3. The van der Waals surface area contributed by atoms with Crippen molar-refractivity contribution >= 4 is 29.1 Å². The van der Waals surface area contributed by atoms with Gasteiger partial charge in [-0.05, 0) is 19.8 Å². The van der Waals surface area contributed by atoms with Crippen molar-refractivity contribution in [3.63, 3.8) is 0 Å². The first-order chi connectivity index (χ1) is 9.97. The largest absolute Gasteiger partial charge is 0.300 e. The SMILES string of the molecule is CCCC(=O)CC.CCCCCC(C)=O.O=C1CCSC1. The van der Waals surface area contributed by atoms with E-state index in [4.69, 9.17) is 0 Å². The molecular formula is C17H32O3S. The van der Waals surface area contributed by atoms with Crippen molar-refractivity contribution < 1.29 is 14.4 Å². The first-order valence-electron chi connectivity index (χ1n) is 8.08. The maximum atomic E-state index is 10.4. The molecule has 0 aromatic carbocycles. The highest BCUT2D eigenvalue weighted by molar-refractivity contribution is 8.00. The molecule has 0 spiro atoms. The van der Waals surface area contributed by atoms with E-state index in [1.54, 1.807) is 18.7 Å². The molecule has 0 aromatic rings. The second kappa shape index (κ2) is 17.4. The number of Topliss-reactive ketones (excluding diaryl/α,β-unsaturated/α-hetero) is 3. The second-order valence-electron chi connectivity index (χ2n) is 5.14. The second-order valence-corrected chi connectivity index (χ2v) is 6.25. The zero-order valence-corrected chi connectivity index (χ0v) is 15.0. The molecule has 0 radical (unpaired) electrons. The fourth-order valence-corrected chi connectivity index (χ4v) is 2.41. The highest BCUT2D eigenvalue weighted by Gasteiger charge is 2.07. The van der Waals surface area contributed by atoms with E-state index in [0.29, 0.717) is 23.8 Å². The lowest BCUT2D eigenvalue weighted by molar-refractivity contribution is -0.119. The van der Waals surface area contributed by atoms with Crippen molar-refractivity contribution in [2.75, 3.05) is 11.5 Å². The summed E-state index contributed by atoms with van der Waals surface area (Å²) in [4.78, 5) is 31.0. The highest BCUT2D eigenvalue weighted by Crippen LogP contribution is 2.11. The van der Waals surface area contributed by atoms with E-state index in [9.17, 15) is 14.4 Å². The lowest BCUT2D eigenvalue weighted by Crippen LogP contribution is -1.91. The van der Waals surface area contributed by atoms with Gasteiger partial charge in [0.05, 0.1) is 5.75 Å². The first kappa shape index (κ1) is 22.6. The standard InChI is InChI=1S/C7H14O.C6H12O.C4H6OS/c1-3-4-5-6-7(2)8;1-3-5-6(7)4-2;5-4-1-2-6-3-4/h3-6H2,1-2H3;3-5H2,1-2H3;1-3H2. The Morgan fingerprint density at radius 2 is 1.71 bits per heavy atom. The Kier molecular flexibility index (Phi) is 18.8. The molecule has 0 atom stereocenters. The summed E-state index contributed by atoms with van der Waals surface area (Å²) in [7, 11) is 0. The van der Waals surface area contributed by atoms with Gasteiger partial charge < -0.3 is 4.79 Å². The maximum Gasteiger partial charge on any atom is 0.143 e. The molecule has 0 bridgehead atoms. The summed E-state index contributed by atoms with van der Waals surface area (Å²) in [5.41, 5.74) is 0. The van der Waals surface area contributed by atoms with Gasteiger partial charge in [-0.2, -0.15) is 11.8 Å². The Balaban J connectivity index is 0. The summed E-state index contributed by atoms with van der Waals surface area (Å²) >= 11 is 1.73. The molecule has 4 heteroatoms. The van der Waals surface area contributed by atoms with Gasteiger partial charge in [0.1, 0.15) is 17.3 Å². The van der Waals surface area contributed by atoms with Crippen LogP contribution in [0.1, 0.15) is 79.1 Å². The number of thioether (sulfide) groups is 1. The average molecular weight is 317 g/mol. The molecule has 0 saturated carbocycles. The molecule has 1 aliphatic heterocycles. The molecule has 0 unspecified atom stereocenters. The van der Waals surface area contributed by atoms with Gasteiger partial charge in [-0.25, -0.2) is 0 Å². The molecule has 1 fully saturated rings. The van der Waals surface area contributed by atoms with Crippen molar-refractivity contribution in [1.29, 1.82) is 0 Å². The summed E-state index contributed by atoms with van der Waals surface area (Å²) in [6, 6.07) is 0. The smallest absolute Gasteiger partial charge is 0.143 e. The monoisotopic (exact) mass is 316 g/mol. The third kappa shape index (κ3) is 21.8. The van der Waals surface area contributed by atoms with Gasteiger partial charge in [0, 0.05) is 31.4 Å². The number of hydrogen-bond donors (Lipinski definition) is 0. The molecule has 124 valence electrons. The van der Waals surface area contributed by atoms with E-state index in [2.05, 4.69) is 6.92 Å². The van der Waals surface area contributed by atoms with Gasteiger partial charge in [0.2, 0.25) is 0 Å². The third-order valence-corrected chi connectivity index (χ3v) is 3.86. The van der Waals surface area contributed by atoms with Gasteiger partial charge in [-0.15, -0.1) is 0 Å². The molecule has 0 N–H and O–H groups in total. The van der Waals surface area contributed by atoms with Crippen LogP contribution in [0.4, 0.5) is 0 Å². The van der Waals surface area contributed by atoms with E-state index in [1.165, 1.54) is 12.8 Å². The molecule has 1 aliphatic rings. The highest BCUT2D eigenvalue weighted by atomic mass is 32.2. The topological polar surface area (TPSA) is 51.2 Å². The molecule has 3 nitrogen and oxygen atoms in total. The van der Waals surface area contributed by atoms with Crippen LogP contribution in [0.5, 0.6) is 0 Å². The number of ketones is 3. The third-order valence-electron chi connectivity index (χ3n) is 2.84. The van der Waals surface area contributed by atoms with Crippen LogP contribution < -0.4 is 0 Å². The Bertz CT molecular complexity index is 280. The molecule has 0 aliphatic carbocycles. The van der Waals surface area contributed by atoms with Crippen molar-refractivity contribution in [2.45, 2.75) is 79.1 Å². The van der Waals surface area contributed by atoms with Crippen LogP contribution in [0.25, 0.3) is 0 Å². The summed E-state index contributed by atoms with van der Waals surface area (Å²) in [5.74, 6) is 2.93. The molecule has 0 aromatic heterocycles. The van der Waals surface area contributed by atoms with Crippen LogP contribution >= 0.6 is 11.8 Å². The molecule has 21 heavy (non-hydrogen) atoms. The molecule has 0 amide bonds. The minimum absolute atomic E-state index is 0.318. The number of hydrogen-bond acceptors (Lipinski definition) is 4. The number of carbonyl (C=O) groups excluding carboxylic acids is 3. The van der Waals surface area contributed by atoms with Crippen molar-refractivity contribution in [3.05, 3.63) is 0 Å². The molecular weight excluding hydrogens is 284 g/mol. The molecule has 1 heterocycles. The zero-order valence-electron chi connectivity index (χ0n) is 14.2. The van der Waals surface area contributed by atoms with Crippen LogP contribution in [0.2, 0.25) is 0 Å². The van der Waals surface area contributed by atoms with Crippen molar-refractivity contribution in [3.8, 4) is 0 Å². The van der Waals surface area contributed by atoms with Crippen LogP contribution in [0.3, 0.4) is 0 Å². The van der Waals surface area contributed by atoms with Gasteiger partial charge in [-0.3, -0.25) is 9.59 Å². The lowest BCUT2D eigenvalue weighted by Gasteiger charge is -1.90. The minimum atomic E-state index is 0.318. The van der Waals surface area contributed by atoms with Crippen molar-refractivity contribution in [1.82, 2.24) is 0 Å². The Hall–Kier alpha value is -0.640. The Morgan fingerprint density at radius 3 is 1.95 bits per heavy atom. The van der Waals surface area contributed by atoms with Crippen molar-refractivity contribution in [2.24, 2.45) is 0 Å². The van der Waals surface area contributed by atoms with Crippen LogP contribution in [0, 0.1) is 0 Å². The first-order valence-corrected chi connectivity index (χ1v) is 9.23. The van der Waals surface area contributed by atoms with Gasteiger partial charge in [-0.1, -0.05) is 33.6 Å². The van der Waals surface area contributed by atoms with Gasteiger partial charge in [0.25, 0.3) is 0 Å². The van der Waals surface area contributed by atoms with E-state index in [0.717, 1.165) is 43.6 Å². The van der Waals surface area contributed by atoms with Crippen LogP contribution in [-0.4, -0.2) is 28.9 Å². The lowest BCUT2D eigenvalue weighted by atomic mass is 10.2. The molecule has 1 saturated heterocycles. The summed E-state index contributed by atoms with van der Waals surface area (Å²) in [6.07, 6.45) is 7.51. The van der Waals surface area contributed by atoms with E-state index < -0.39 is 0 Å². The van der Waals surface area contributed by atoms with E-state index >= 15 is 0 Å². The molecule has 1 rings (SSSR count). The average Bonchev–Trinajstić information content (AvgIpc) is 2.91. The summed E-state index contributed by atoms with van der Waals surface area (Å²) in [6.45, 7) is 7.71. The summed E-state index contributed by atoms with van der Waals surface area (Å²) < 4.78 is 0. The van der Waals surface area contributed by atoms with Crippen LogP contribution in [0.15, 0.2) is 0 Å². The quantitative estimate of drug-likeness (QED) is 0.643. The Labute approximate surface area is 134 Å². The fourth-order valence-electron chi connectivity index (χ4n) is 1.52. The minimum Gasteiger partial charge on any atom is -0.300 e. The number of rotatable bonds is 7.